The summed E-state index contributed by atoms with van der Waals surface area (Å²) in [6, 6.07) is 1.07. The molecule has 2 bridgehead atoms. The number of hydrogen-bond donors (Lipinski definition) is 0. The Hall–Kier alpha value is 0.441. The first-order valence-electron chi connectivity index (χ1n) is 6.34. The van der Waals surface area contributed by atoms with Crippen LogP contribution in [0.1, 0.15) is 25.7 Å². The van der Waals surface area contributed by atoms with E-state index in [-0.39, 0.29) is 63.2 Å². The van der Waals surface area contributed by atoms with Gasteiger partial charge in [-0.2, -0.15) is 0 Å². The third-order valence-electron chi connectivity index (χ3n) is 4.07. The van der Waals surface area contributed by atoms with Gasteiger partial charge in [0.2, 0.25) is 0 Å². The number of aromatic nitrogens is 1. The molecule has 0 aromatic carbocycles. The second kappa shape index (κ2) is 6.05. The summed E-state index contributed by atoms with van der Waals surface area (Å²) in [5, 5.41) is 0. The van der Waals surface area contributed by atoms with Crippen molar-refractivity contribution in [3.63, 3.8) is 0 Å². The molecule has 0 spiro atoms. The molecule has 0 aliphatic heterocycles. The minimum atomic E-state index is -5.00. The zero-order chi connectivity index (χ0) is 12.8. The number of pyridine rings is 1. The van der Waals surface area contributed by atoms with E-state index in [2.05, 4.69) is 4.98 Å². The summed E-state index contributed by atoms with van der Waals surface area (Å²) < 4.78 is 43.5. The van der Waals surface area contributed by atoms with Crippen LogP contribution in [0, 0.1) is 11.8 Å². The number of fused-ring (bicyclic) bond motifs is 2. The first-order chi connectivity index (χ1) is 8.52. The first-order valence-corrected chi connectivity index (χ1v) is 6.34. The molecule has 2 fully saturated rings. The Morgan fingerprint density at radius 2 is 1.95 bits per heavy atom. The Morgan fingerprint density at radius 3 is 2.53 bits per heavy atom. The average molecular weight is 295 g/mol. The van der Waals surface area contributed by atoms with Gasteiger partial charge in [0.1, 0.15) is 11.9 Å². The van der Waals surface area contributed by atoms with Gasteiger partial charge < -0.3 is 17.7 Å². The van der Waals surface area contributed by atoms with Gasteiger partial charge in [-0.1, -0.05) is 5.46 Å². The Balaban J connectivity index is 0.00000133. The van der Waals surface area contributed by atoms with E-state index in [0.717, 1.165) is 25.1 Å². The Labute approximate surface area is 153 Å². The van der Waals surface area contributed by atoms with Crippen molar-refractivity contribution in [1.82, 2.24) is 4.98 Å². The molecular weight excluding hydrogens is 281 g/mol. The Bertz CT molecular complexity index is 457. The molecule has 7 heteroatoms. The minimum absolute atomic E-state index is 0. The predicted octanol–water partition coefficient (Wildman–Crippen LogP) is -0.293. The molecule has 19 heavy (non-hydrogen) atoms. The SMILES string of the molecule is F[B-](F)(F)c1cncc(OC2CC3CCC2C3)c1.[K+]. The molecule has 3 unspecified atom stereocenters. The van der Waals surface area contributed by atoms with Crippen molar-refractivity contribution in [3.05, 3.63) is 18.5 Å². The maximum absolute atomic E-state index is 12.6. The van der Waals surface area contributed by atoms with Crippen LogP contribution < -0.4 is 61.6 Å². The van der Waals surface area contributed by atoms with Crippen molar-refractivity contribution in [2.45, 2.75) is 31.8 Å². The van der Waals surface area contributed by atoms with E-state index >= 15 is 0 Å². The summed E-state index contributed by atoms with van der Waals surface area (Å²) in [7, 11) is 0. The summed E-state index contributed by atoms with van der Waals surface area (Å²) in [4.78, 5) is 3.63. The normalized spacial score (nSPS) is 29.1. The fraction of sp³-hybridized carbons (Fsp3) is 0.583. The maximum atomic E-state index is 12.6. The number of hydrogen-bond acceptors (Lipinski definition) is 2. The molecule has 0 radical (unpaired) electrons. The van der Waals surface area contributed by atoms with Crippen LogP contribution in [0.15, 0.2) is 18.5 Å². The van der Waals surface area contributed by atoms with Crippen molar-refractivity contribution in [2.24, 2.45) is 11.8 Å². The number of halogens is 3. The van der Waals surface area contributed by atoms with Gasteiger partial charge in [-0.15, -0.1) is 0 Å². The molecule has 1 heterocycles. The van der Waals surface area contributed by atoms with Crippen LogP contribution in [0.4, 0.5) is 12.9 Å². The summed E-state index contributed by atoms with van der Waals surface area (Å²) in [5.74, 6) is 1.49. The van der Waals surface area contributed by atoms with Gasteiger partial charge in [-0.3, -0.25) is 4.98 Å². The molecule has 98 valence electrons. The van der Waals surface area contributed by atoms with Crippen LogP contribution in [0.5, 0.6) is 5.75 Å². The molecule has 2 saturated carbocycles. The van der Waals surface area contributed by atoms with Crippen molar-refractivity contribution >= 4 is 12.4 Å². The van der Waals surface area contributed by atoms with Gasteiger partial charge in [-0.05, 0) is 43.6 Å². The molecule has 0 saturated heterocycles. The van der Waals surface area contributed by atoms with Crippen molar-refractivity contribution in [3.8, 4) is 5.75 Å². The van der Waals surface area contributed by atoms with Crippen LogP contribution >= 0.6 is 0 Å². The maximum Gasteiger partial charge on any atom is 1.00 e. The number of rotatable bonds is 3. The largest absolute Gasteiger partial charge is 1.00 e. The van der Waals surface area contributed by atoms with E-state index in [4.69, 9.17) is 4.74 Å². The molecule has 3 atom stereocenters. The van der Waals surface area contributed by atoms with Crippen LogP contribution in [0.25, 0.3) is 0 Å². The van der Waals surface area contributed by atoms with Gasteiger partial charge in [-0.25, -0.2) is 0 Å². The second-order valence-corrected chi connectivity index (χ2v) is 5.36. The standard InChI is InChI=1S/C12H14BF3NO.K/c14-13(15,16)10-5-11(7-17-6-10)18-12-4-8-1-2-9(12)3-8;/h5-9,12H,1-4H2;/q-1;+1. The molecular formula is C12H14BF3KNO. The van der Waals surface area contributed by atoms with E-state index in [1.165, 1.54) is 19.0 Å². The summed E-state index contributed by atoms with van der Waals surface area (Å²) in [6.07, 6.45) is 6.85. The van der Waals surface area contributed by atoms with Crippen molar-refractivity contribution < 1.29 is 69.1 Å². The molecule has 1 aromatic heterocycles. The Morgan fingerprint density at radius 1 is 1.16 bits per heavy atom. The Kier molecular flexibility index (Phi) is 5.04. The van der Waals surface area contributed by atoms with Gasteiger partial charge in [0.25, 0.3) is 0 Å². The first kappa shape index (κ1) is 15.8. The average Bonchev–Trinajstić information content (AvgIpc) is 2.90. The van der Waals surface area contributed by atoms with Crippen molar-refractivity contribution in [2.75, 3.05) is 0 Å². The monoisotopic (exact) mass is 295 g/mol. The van der Waals surface area contributed by atoms with E-state index in [0.29, 0.717) is 11.8 Å². The molecule has 2 aliphatic carbocycles. The van der Waals surface area contributed by atoms with E-state index < -0.39 is 12.4 Å². The van der Waals surface area contributed by atoms with Gasteiger partial charge >= 0.3 is 58.4 Å². The van der Waals surface area contributed by atoms with Gasteiger partial charge in [0.15, 0.2) is 0 Å². The van der Waals surface area contributed by atoms with Gasteiger partial charge in [0.05, 0.1) is 6.20 Å². The molecule has 1 aromatic rings. The molecule has 3 rings (SSSR count). The fourth-order valence-electron chi connectivity index (χ4n) is 3.18. The topological polar surface area (TPSA) is 22.1 Å². The molecule has 2 nitrogen and oxygen atoms in total. The second-order valence-electron chi connectivity index (χ2n) is 5.36. The quantitative estimate of drug-likeness (QED) is 0.715. The smallest absolute Gasteiger partial charge is 0.489 e. The van der Waals surface area contributed by atoms with Crippen LogP contribution in [-0.4, -0.2) is 18.1 Å². The summed E-state index contributed by atoms with van der Waals surface area (Å²) in [6.45, 7) is -5.00. The fourth-order valence-corrected chi connectivity index (χ4v) is 3.18. The third kappa shape index (κ3) is 3.56. The van der Waals surface area contributed by atoms with Crippen molar-refractivity contribution in [1.29, 1.82) is 0 Å². The summed E-state index contributed by atoms with van der Waals surface area (Å²) in [5.41, 5.74) is -0.685. The minimum Gasteiger partial charge on any atom is -0.489 e. The summed E-state index contributed by atoms with van der Waals surface area (Å²) >= 11 is 0. The van der Waals surface area contributed by atoms with Gasteiger partial charge in [0, 0.05) is 6.20 Å². The van der Waals surface area contributed by atoms with E-state index in [1.54, 1.807) is 0 Å². The van der Waals surface area contributed by atoms with Crippen LogP contribution in [-0.2, 0) is 0 Å². The predicted molar refractivity (Wildman–Crippen MR) is 62.8 cm³/mol. The zero-order valence-corrected chi connectivity index (χ0v) is 14.0. The molecule has 0 amide bonds. The van der Waals surface area contributed by atoms with E-state index in [1.807, 2.05) is 0 Å². The van der Waals surface area contributed by atoms with Crippen LogP contribution in [0.2, 0.25) is 0 Å². The van der Waals surface area contributed by atoms with Crippen LogP contribution in [0.3, 0.4) is 0 Å². The number of ether oxygens (including phenoxy) is 1. The molecule has 0 N–H and O–H groups in total. The zero-order valence-electron chi connectivity index (χ0n) is 10.9. The molecule has 2 aliphatic rings. The van der Waals surface area contributed by atoms with E-state index in [9.17, 15) is 12.9 Å². The number of nitrogens with zero attached hydrogens (tertiary/aromatic N) is 1. The third-order valence-corrected chi connectivity index (χ3v) is 4.07.